The minimum absolute atomic E-state index is 0.105. The zero-order valence-electron chi connectivity index (χ0n) is 10.8. The molecule has 2 fully saturated rings. The van der Waals surface area contributed by atoms with Crippen molar-refractivity contribution in [3.8, 4) is 0 Å². The van der Waals surface area contributed by atoms with Gasteiger partial charge >= 0.3 is 12.0 Å². The highest BCUT2D eigenvalue weighted by Gasteiger charge is 2.39. The molecule has 5 nitrogen and oxygen atoms in total. The van der Waals surface area contributed by atoms with Crippen LogP contribution in [-0.4, -0.2) is 57.2 Å². The SMILES string of the molecule is CC1CCC(C)N(C(=O)N2CSCC2C(=O)O)C1. The predicted octanol–water partition coefficient (Wildman–Crippen LogP) is 1.69. The van der Waals surface area contributed by atoms with Gasteiger partial charge in [0.1, 0.15) is 6.04 Å². The number of carboxylic acids is 1. The first-order chi connectivity index (χ1) is 8.50. The standard InChI is InChI=1S/C12H20N2O3S/c1-8-3-4-9(2)13(5-8)12(17)14-7-18-6-10(14)11(15)16/h8-10H,3-7H2,1-2H3,(H,15,16). The maximum absolute atomic E-state index is 12.4. The van der Waals surface area contributed by atoms with Crippen LogP contribution in [0.25, 0.3) is 0 Å². The summed E-state index contributed by atoms with van der Waals surface area (Å²) in [5.74, 6) is 0.599. The summed E-state index contributed by atoms with van der Waals surface area (Å²) in [5.41, 5.74) is 0. The molecule has 0 aliphatic carbocycles. The Balaban J connectivity index is 2.07. The van der Waals surface area contributed by atoms with Crippen LogP contribution in [0.5, 0.6) is 0 Å². The smallest absolute Gasteiger partial charge is 0.327 e. The lowest BCUT2D eigenvalue weighted by Gasteiger charge is -2.39. The summed E-state index contributed by atoms with van der Waals surface area (Å²) in [5, 5.41) is 9.12. The van der Waals surface area contributed by atoms with Gasteiger partial charge in [0.2, 0.25) is 0 Å². The van der Waals surface area contributed by atoms with Crippen molar-refractivity contribution in [3.63, 3.8) is 0 Å². The van der Waals surface area contributed by atoms with Crippen molar-refractivity contribution in [2.75, 3.05) is 18.2 Å². The molecule has 0 aromatic heterocycles. The number of aliphatic carboxylic acids is 1. The van der Waals surface area contributed by atoms with E-state index in [-0.39, 0.29) is 12.1 Å². The van der Waals surface area contributed by atoms with Crippen LogP contribution in [0.15, 0.2) is 0 Å². The van der Waals surface area contributed by atoms with Gasteiger partial charge in [-0.05, 0) is 25.7 Å². The summed E-state index contributed by atoms with van der Waals surface area (Å²) in [6, 6.07) is -0.549. The summed E-state index contributed by atoms with van der Waals surface area (Å²) in [6.45, 7) is 4.93. The van der Waals surface area contributed by atoms with E-state index in [9.17, 15) is 9.59 Å². The van der Waals surface area contributed by atoms with Gasteiger partial charge in [-0.15, -0.1) is 11.8 Å². The Labute approximate surface area is 112 Å². The molecular formula is C12H20N2O3S. The van der Waals surface area contributed by atoms with Crippen molar-refractivity contribution < 1.29 is 14.7 Å². The van der Waals surface area contributed by atoms with E-state index in [1.165, 1.54) is 16.7 Å². The van der Waals surface area contributed by atoms with Gasteiger partial charge in [-0.2, -0.15) is 0 Å². The number of carboxylic acid groups (broad SMARTS) is 1. The molecule has 0 radical (unpaired) electrons. The molecular weight excluding hydrogens is 252 g/mol. The summed E-state index contributed by atoms with van der Waals surface area (Å²) < 4.78 is 0. The number of nitrogens with zero attached hydrogens (tertiary/aromatic N) is 2. The van der Waals surface area contributed by atoms with Crippen molar-refractivity contribution in [3.05, 3.63) is 0 Å². The third-order valence-electron chi connectivity index (χ3n) is 3.78. The van der Waals surface area contributed by atoms with Crippen LogP contribution >= 0.6 is 11.8 Å². The minimum Gasteiger partial charge on any atom is -0.480 e. The molecule has 0 aromatic carbocycles. The largest absolute Gasteiger partial charge is 0.480 e. The number of likely N-dealkylation sites (tertiary alicyclic amines) is 1. The molecule has 3 atom stereocenters. The highest BCUT2D eigenvalue weighted by molar-refractivity contribution is 7.99. The topological polar surface area (TPSA) is 60.9 Å². The van der Waals surface area contributed by atoms with Gasteiger partial charge in [-0.3, -0.25) is 0 Å². The molecule has 102 valence electrons. The van der Waals surface area contributed by atoms with Crippen LogP contribution in [0.3, 0.4) is 0 Å². The van der Waals surface area contributed by atoms with E-state index in [1.807, 2.05) is 11.8 Å². The average molecular weight is 272 g/mol. The predicted molar refractivity (Wildman–Crippen MR) is 70.5 cm³/mol. The number of rotatable bonds is 1. The highest BCUT2D eigenvalue weighted by atomic mass is 32.2. The van der Waals surface area contributed by atoms with Gasteiger partial charge in [0, 0.05) is 18.3 Å². The number of carbonyl (C=O) groups excluding carboxylic acids is 1. The first-order valence-electron chi connectivity index (χ1n) is 6.38. The summed E-state index contributed by atoms with van der Waals surface area (Å²) in [6.07, 6.45) is 2.15. The number of carbonyl (C=O) groups is 2. The second kappa shape index (κ2) is 5.38. The first-order valence-corrected chi connectivity index (χ1v) is 7.54. The molecule has 1 N–H and O–H groups in total. The molecule has 2 saturated heterocycles. The lowest BCUT2D eigenvalue weighted by molar-refractivity contribution is -0.141. The molecule has 2 heterocycles. The van der Waals surface area contributed by atoms with Crippen LogP contribution in [0.2, 0.25) is 0 Å². The Hall–Kier alpha value is -0.910. The van der Waals surface area contributed by atoms with Crippen LogP contribution in [0.4, 0.5) is 4.79 Å². The molecule has 2 rings (SSSR count). The van der Waals surface area contributed by atoms with Crippen molar-refractivity contribution in [1.29, 1.82) is 0 Å². The maximum Gasteiger partial charge on any atom is 0.327 e. The van der Waals surface area contributed by atoms with Crippen molar-refractivity contribution in [2.24, 2.45) is 5.92 Å². The average Bonchev–Trinajstić information content (AvgIpc) is 2.80. The number of thioether (sulfide) groups is 1. The summed E-state index contributed by atoms with van der Waals surface area (Å²) in [4.78, 5) is 26.9. The monoisotopic (exact) mass is 272 g/mol. The van der Waals surface area contributed by atoms with E-state index in [1.54, 1.807) is 0 Å². The van der Waals surface area contributed by atoms with Gasteiger partial charge in [-0.25, -0.2) is 9.59 Å². The lowest BCUT2D eigenvalue weighted by atomic mass is 9.95. The Kier molecular flexibility index (Phi) is 4.04. The van der Waals surface area contributed by atoms with Crippen molar-refractivity contribution in [1.82, 2.24) is 9.80 Å². The van der Waals surface area contributed by atoms with E-state index in [4.69, 9.17) is 5.11 Å². The van der Waals surface area contributed by atoms with E-state index in [0.717, 1.165) is 19.4 Å². The molecule has 0 bridgehead atoms. The molecule has 18 heavy (non-hydrogen) atoms. The van der Waals surface area contributed by atoms with Gasteiger partial charge in [0.05, 0.1) is 5.88 Å². The van der Waals surface area contributed by atoms with Crippen molar-refractivity contribution >= 4 is 23.8 Å². The van der Waals surface area contributed by atoms with Gasteiger partial charge < -0.3 is 14.9 Å². The molecule has 3 unspecified atom stereocenters. The van der Waals surface area contributed by atoms with Crippen LogP contribution in [-0.2, 0) is 4.79 Å². The Bertz CT molecular complexity index is 350. The molecule has 0 spiro atoms. The number of amides is 2. The zero-order valence-corrected chi connectivity index (χ0v) is 11.7. The zero-order chi connectivity index (χ0) is 13.3. The Morgan fingerprint density at radius 3 is 2.61 bits per heavy atom. The fourth-order valence-electron chi connectivity index (χ4n) is 2.56. The molecule has 6 heteroatoms. The van der Waals surface area contributed by atoms with Gasteiger partial charge in [0.15, 0.2) is 0 Å². The number of urea groups is 1. The van der Waals surface area contributed by atoms with Crippen LogP contribution in [0.1, 0.15) is 26.7 Å². The fraction of sp³-hybridized carbons (Fsp3) is 0.833. The molecule has 2 amide bonds. The first kappa shape index (κ1) is 13.5. The van der Waals surface area contributed by atoms with Crippen molar-refractivity contribution in [2.45, 2.75) is 38.8 Å². The number of hydrogen-bond acceptors (Lipinski definition) is 3. The fourth-order valence-corrected chi connectivity index (χ4v) is 3.69. The second-order valence-corrected chi connectivity index (χ2v) is 6.29. The van der Waals surface area contributed by atoms with E-state index >= 15 is 0 Å². The number of piperidine rings is 1. The lowest BCUT2D eigenvalue weighted by Crippen LogP contribution is -2.54. The highest BCUT2D eigenvalue weighted by Crippen LogP contribution is 2.27. The Morgan fingerprint density at radius 1 is 1.22 bits per heavy atom. The quantitative estimate of drug-likeness (QED) is 0.789. The summed E-state index contributed by atoms with van der Waals surface area (Å²) >= 11 is 1.51. The van der Waals surface area contributed by atoms with Gasteiger partial charge in [-0.1, -0.05) is 6.92 Å². The molecule has 0 saturated carbocycles. The summed E-state index contributed by atoms with van der Waals surface area (Å²) in [7, 11) is 0. The Morgan fingerprint density at radius 2 is 1.94 bits per heavy atom. The molecule has 2 aliphatic heterocycles. The maximum atomic E-state index is 12.4. The van der Waals surface area contributed by atoms with E-state index in [0.29, 0.717) is 17.5 Å². The van der Waals surface area contributed by atoms with E-state index in [2.05, 4.69) is 6.92 Å². The molecule has 2 aliphatic rings. The normalized spacial score (nSPS) is 32.7. The van der Waals surface area contributed by atoms with Gasteiger partial charge in [0.25, 0.3) is 0 Å². The second-order valence-electron chi connectivity index (χ2n) is 5.29. The van der Waals surface area contributed by atoms with Crippen LogP contribution in [0, 0.1) is 5.92 Å². The third kappa shape index (κ3) is 2.58. The third-order valence-corrected chi connectivity index (χ3v) is 4.79. The number of hydrogen-bond donors (Lipinski definition) is 1. The van der Waals surface area contributed by atoms with E-state index < -0.39 is 12.0 Å². The van der Waals surface area contributed by atoms with Crippen LogP contribution < -0.4 is 0 Å². The minimum atomic E-state index is -0.897. The molecule has 0 aromatic rings.